The molecule has 3 N–H and O–H groups in total. The minimum Gasteiger partial charge on any atom is -0.388 e. The normalized spacial score (nSPS) is 20.5. The Balaban J connectivity index is 0.00000364. The van der Waals surface area contributed by atoms with Crippen molar-refractivity contribution in [2.24, 2.45) is 10.9 Å². The molecule has 158 valence electrons. The van der Waals surface area contributed by atoms with Gasteiger partial charge in [0.25, 0.3) is 0 Å². The molecule has 0 radical (unpaired) electrons. The summed E-state index contributed by atoms with van der Waals surface area (Å²) in [5.74, 6) is 1.28. The van der Waals surface area contributed by atoms with Crippen LogP contribution in [0.25, 0.3) is 0 Å². The molecule has 2 rings (SSSR count). The molecule has 7 heteroatoms. The maximum Gasteiger partial charge on any atom is 0.225 e. The fourth-order valence-corrected chi connectivity index (χ4v) is 4.07. The second-order valence-corrected chi connectivity index (χ2v) is 7.88. The van der Waals surface area contributed by atoms with Crippen LogP contribution in [0.1, 0.15) is 72.1 Å². The van der Waals surface area contributed by atoms with E-state index in [0.29, 0.717) is 18.5 Å². The van der Waals surface area contributed by atoms with Crippen LogP contribution in [-0.2, 0) is 4.79 Å². The van der Waals surface area contributed by atoms with E-state index in [2.05, 4.69) is 36.4 Å². The van der Waals surface area contributed by atoms with E-state index >= 15 is 0 Å². The summed E-state index contributed by atoms with van der Waals surface area (Å²) >= 11 is 0. The van der Waals surface area contributed by atoms with Gasteiger partial charge in [0.2, 0.25) is 5.91 Å². The van der Waals surface area contributed by atoms with Gasteiger partial charge in [-0.3, -0.25) is 9.79 Å². The number of piperidine rings is 1. The predicted octanol–water partition coefficient (Wildman–Crippen LogP) is 2.89. The number of hydrogen-bond acceptors (Lipinski definition) is 3. The third-order valence-corrected chi connectivity index (χ3v) is 5.89. The largest absolute Gasteiger partial charge is 0.388 e. The SMILES string of the molecule is CCNC(=NCC1(O)CCCC1)NC1CCN(C(=O)C(CC)CC)CC1.I. The average Bonchev–Trinajstić information content (AvgIpc) is 3.08. The Bertz CT molecular complexity index is 469. The molecular formula is C20H39IN4O2. The second-order valence-electron chi connectivity index (χ2n) is 7.88. The van der Waals surface area contributed by atoms with E-state index in [1.54, 1.807) is 0 Å². The summed E-state index contributed by atoms with van der Waals surface area (Å²) in [6.07, 6.45) is 7.64. The highest BCUT2D eigenvalue weighted by molar-refractivity contribution is 14.0. The lowest BCUT2D eigenvalue weighted by Gasteiger charge is -2.35. The van der Waals surface area contributed by atoms with E-state index in [4.69, 9.17) is 0 Å². The number of carbonyl (C=O) groups excluding carboxylic acids is 1. The van der Waals surface area contributed by atoms with E-state index in [1.165, 1.54) is 0 Å². The van der Waals surface area contributed by atoms with Crippen molar-refractivity contribution < 1.29 is 9.90 Å². The summed E-state index contributed by atoms with van der Waals surface area (Å²) in [6.45, 7) is 9.14. The van der Waals surface area contributed by atoms with Crippen LogP contribution in [-0.4, -0.2) is 59.7 Å². The van der Waals surface area contributed by atoms with E-state index in [1.807, 2.05) is 4.90 Å². The zero-order valence-corrected chi connectivity index (χ0v) is 19.6. The van der Waals surface area contributed by atoms with Crippen molar-refractivity contribution in [3.8, 4) is 0 Å². The standard InChI is InChI=1S/C20H38N4O2.HI/c1-4-16(5-2)18(25)24-13-9-17(10-14-24)23-19(21-6-3)22-15-20(26)11-7-8-12-20;/h16-17,26H,4-15H2,1-3H3,(H2,21,22,23);1H. The number of nitrogens with zero attached hydrogens (tertiary/aromatic N) is 2. The van der Waals surface area contributed by atoms with Gasteiger partial charge in [0.15, 0.2) is 5.96 Å². The van der Waals surface area contributed by atoms with Gasteiger partial charge in [-0.15, -0.1) is 24.0 Å². The fraction of sp³-hybridized carbons (Fsp3) is 0.900. The Labute approximate surface area is 182 Å². The third-order valence-electron chi connectivity index (χ3n) is 5.89. The van der Waals surface area contributed by atoms with E-state index in [-0.39, 0.29) is 29.9 Å². The average molecular weight is 494 g/mol. The minimum atomic E-state index is -0.618. The quantitative estimate of drug-likeness (QED) is 0.289. The molecule has 27 heavy (non-hydrogen) atoms. The summed E-state index contributed by atoms with van der Waals surface area (Å²) < 4.78 is 0. The highest BCUT2D eigenvalue weighted by atomic mass is 127. The zero-order valence-electron chi connectivity index (χ0n) is 17.3. The number of guanidine groups is 1. The lowest BCUT2D eigenvalue weighted by Crippen LogP contribution is -2.51. The van der Waals surface area contributed by atoms with Crippen molar-refractivity contribution in [1.82, 2.24) is 15.5 Å². The minimum absolute atomic E-state index is 0. The van der Waals surface area contributed by atoms with Crippen molar-refractivity contribution >= 4 is 35.8 Å². The maximum atomic E-state index is 12.5. The number of aliphatic hydroxyl groups is 1. The summed E-state index contributed by atoms with van der Waals surface area (Å²) in [4.78, 5) is 19.2. The van der Waals surface area contributed by atoms with Crippen molar-refractivity contribution in [3.63, 3.8) is 0 Å². The van der Waals surface area contributed by atoms with Gasteiger partial charge in [-0.1, -0.05) is 26.7 Å². The van der Waals surface area contributed by atoms with Gasteiger partial charge in [-0.2, -0.15) is 0 Å². The van der Waals surface area contributed by atoms with Gasteiger partial charge in [0, 0.05) is 31.6 Å². The second kappa shape index (κ2) is 12.1. The predicted molar refractivity (Wildman–Crippen MR) is 122 cm³/mol. The van der Waals surface area contributed by atoms with Crippen LogP contribution in [0, 0.1) is 5.92 Å². The number of carbonyl (C=O) groups is 1. The zero-order chi connectivity index (χ0) is 19.0. The molecule has 0 bridgehead atoms. The number of aliphatic imine (C=N–C) groups is 1. The number of likely N-dealkylation sites (tertiary alicyclic amines) is 1. The first-order valence-corrected chi connectivity index (χ1v) is 10.6. The monoisotopic (exact) mass is 494 g/mol. The van der Waals surface area contributed by atoms with Gasteiger partial charge < -0.3 is 20.6 Å². The van der Waals surface area contributed by atoms with Gasteiger partial charge in [0.05, 0.1) is 12.1 Å². The molecule has 1 saturated carbocycles. The number of hydrogen-bond donors (Lipinski definition) is 3. The number of halogens is 1. The van der Waals surface area contributed by atoms with Crippen molar-refractivity contribution in [3.05, 3.63) is 0 Å². The first-order valence-electron chi connectivity index (χ1n) is 10.6. The Morgan fingerprint density at radius 3 is 2.30 bits per heavy atom. The highest BCUT2D eigenvalue weighted by Gasteiger charge is 2.31. The van der Waals surface area contributed by atoms with Crippen LogP contribution < -0.4 is 10.6 Å². The summed E-state index contributed by atoms with van der Waals surface area (Å²) in [6, 6.07) is 0.330. The molecule has 0 spiro atoms. The van der Waals surface area contributed by atoms with Crippen LogP contribution >= 0.6 is 24.0 Å². The maximum absolute atomic E-state index is 12.5. The number of amides is 1. The Hall–Kier alpha value is -0.570. The van der Waals surface area contributed by atoms with Crippen LogP contribution in [0.15, 0.2) is 4.99 Å². The summed E-state index contributed by atoms with van der Waals surface area (Å²) in [5.41, 5.74) is -0.618. The molecule has 2 fully saturated rings. The van der Waals surface area contributed by atoms with Crippen molar-refractivity contribution in [2.75, 3.05) is 26.2 Å². The van der Waals surface area contributed by atoms with Crippen LogP contribution in [0.2, 0.25) is 0 Å². The Kier molecular flexibility index (Phi) is 11.0. The summed E-state index contributed by atoms with van der Waals surface area (Å²) in [7, 11) is 0. The van der Waals surface area contributed by atoms with E-state index in [0.717, 1.165) is 77.0 Å². The molecule has 0 unspecified atom stereocenters. The first kappa shape index (κ1) is 24.5. The molecule has 2 aliphatic rings. The molecule has 1 amide bonds. The lowest BCUT2D eigenvalue weighted by molar-refractivity contribution is -0.136. The van der Waals surface area contributed by atoms with E-state index in [9.17, 15) is 9.90 Å². The molecule has 1 heterocycles. The highest BCUT2D eigenvalue weighted by Crippen LogP contribution is 2.29. The molecule has 0 aromatic rings. The number of nitrogens with one attached hydrogen (secondary N) is 2. The lowest BCUT2D eigenvalue weighted by atomic mass is 9.98. The number of rotatable bonds is 7. The van der Waals surface area contributed by atoms with Crippen molar-refractivity contribution in [2.45, 2.75) is 83.8 Å². The van der Waals surface area contributed by atoms with Crippen LogP contribution in [0.4, 0.5) is 0 Å². The molecule has 0 atom stereocenters. The smallest absolute Gasteiger partial charge is 0.225 e. The van der Waals surface area contributed by atoms with Gasteiger partial charge in [-0.05, 0) is 45.4 Å². The van der Waals surface area contributed by atoms with E-state index < -0.39 is 5.60 Å². The molecular weight excluding hydrogens is 455 g/mol. The van der Waals surface area contributed by atoms with Crippen molar-refractivity contribution in [1.29, 1.82) is 0 Å². The molecule has 0 aromatic carbocycles. The topological polar surface area (TPSA) is 77.0 Å². The Morgan fingerprint density at radius 1 is 1.19 bits per heavy atom. The van der Waals surface area contributed by atoms with Gasteiger partial charge >= 0.3 is 0 Å². The van der Waals surface area contributed by atoms with Gasteiger partial charge in [-0.25, -0.2) is 0 Å². The molecule has 1 saturated heterocycles. The van der Waals surface area contributed by atoms with Crippen LogP contribution in [0.3, 0.4) is 0 Å². The molecule has 1 aliphatic carbocycles. The van der Waals surface area contributed by atoms with Gasteiger partial charge in [0.1, 0.15) is 0 Å². The fourth-order valence-electron chi connectivity index (χ4n) is 4.07. The summed E-state index contributed by atoms with van der Waals surface area (Å²) in [5, 5.41) is 17.3. The molecule has 6 nitrogen and oxygen atoms in total. The van der Waals surface area contributed by atoms with Crippen LogP contribution in [0.5, 0.6) is 0 Å². The molecule has 0 aromatic heterocycles. The Morgan fingerprint density at radius 2 is 1.78 bits per heavy atom. The third kappa shape index (κ3) is 7.40. The first-order chi connectivity index (χ1) is 12.5. The molecule has 1 aliphatic heterocycles.